The molecule has 0 saturated carbocycles. The molecule has 0 spiro atoms. The molecule has 0 bridgehead atoms. The molecular formula is C13H10ClNO3. The molecule has 0 amide bonds. The van der Waals surface area contributed by atoms with Gasteiger partial charge in [-0.1, -0.05) is 29.8 Å². The minimum Gasteiger partial charge on any atom is -0.481 e. The van der Waals surface area contributed by atoms with Crippen LogP contribution in [0.5, 0.6) is 11.6 Å². The first kappa shape index (κ1) is 12.4. The van der Waals surface area contributed by atoms with E-state index in [1.165, 1.54) is 6.20 Å². The predicted octanol–water partition coefficient (Wildman–Crippen LogP) is 3.15. The first-order chi connectivity index (χ1) is 8.65. The van der Waals surface area contributed by atoms with Crippen molar-refractivity contribution in [1.82, 2.24) is 4.98 Å². The van der Waals surface area contributed by atoms with Gasteiger partial charge in [0.15, 0.2) is 0 Å². The van der Waals surface area contributed by atoms with Gasteiger partial charge in [-0.25, -0.2) is 4.98 Å². The molecule has 92 valence electrons. The number of benzene rings is 1. The SMILES string of the molecule is O=C(O)Cc1ccccc1Oc1ccc(Cl)cn1. The summed E-state index contributed by atoms with van der Waals surface area (Å²) in [5.74, 6) is -0.0536. The van der Waals surface area contributed by atoms with Gasteiger partial charge in [-0.15, -0.1) is 0 Å². The van der Waals surface area contributed by atoms with Gasteiger partial charge in [-0.2, -0.15) is 0 Å². The molecule has 0 saturated heterocycles. The van der Waals surface area contributed by atoms with Gasteiger partial charge < -0.3 is 9.84 Å². The number of rotatable bonds is 4. The molecule has 0 aliphatic carbocycles. The summed E-state index contributed by atoms with van der Waals surface area (Å²) < 4.78 is 5.53. The number of carboxylic acids is 1. The zero-order valence-electron chi connectivity index (χ0n) is 9.34. The van der Waals surface area contributed by atoms with Gasteiger partial charge in [0.2, 0.25) is 5.88 Å². The highest BCUT2D eigenvalue weighted by Gasteiger charge is 2.08. The predicted molar refractivity (Wildman–Crippen MR) is 67.1 cm³/mol. The Morgan fingerprint density at radius 3 is 2.72 bits per heavy atom. The minimum absolute atomic E-state index is 0.0935. The van der Waals surface area contributed by atoms with Crippen molar-refractivity contribution < 1.29 is 14.6 Å². The molecule has 1 aromatic carbocycles. The monoisotopic (exact) mass is 263 g/mol. The maximum atomic E-state index is 10.7. The molecule has 2 aromatic rings. The fourth-order valence-corrected chi connectivity index (χ4v) is 1.56. The van der Waals surface area contributed by atoms with Crippen LogP contribution in [-0.4, -0.2) is 16.1 Å². The third kappa shape index (κ3) is 3.21. The van der Waals surface area contributed by atoms with Gasteiger partial charge in [0.25, 0.3) is 0 Å². The summed E-state index contributed by atoms with van der Waals surface area (Å²) in [6.07, 6.45) is 1.38. The molecule has 1 N–H and O–H groups in total. The highest BCUT2D eigenvalue weighted by atomic mass is 35.5. The van der Waals surface area contributed by atoms with Crippen LogP contribution in [0, 0.1) is 0 Å². The Morgan fingerprint density at radius 2 is 2.06 bits per heavy atom. The summed E-state index contributed by atoms with van der Waals surface area (Å²) in [4.78, 5) is 14.7. The third-order valence-corrected chi connectivity index (χ3v) is 2.45. The summed E-state index contributed by atoms with van der Waals surface area (Å²) in [6.45, 7) is 0. The number of aromatic nitrogens is 1. The van der Waals surface area contributed by atoms with E-state index in [4.69, 9.17) is 21.4 Å². The zero-order valence-corrected chi connectivity index (χ0v) is 10.1. The van der Waals surface area contributed by atoms with Crippen molar-refractivity contribution in [2.75, 3.05) is 0 Å². The molecule has 4 nitrogen and oxygen atoms in total. The Hall–Kier alpha value is -2.07. The summed E-state index contributed by atoms with van der Waals surface area (Å²) in [5.41, 5.74) is 0.599. The Balaban J connectivity index is 2.23. The largest absolute Gasteiger partial charge is 0.481 e. The number of ether oxygens (including phenoxy) is 1. The quantitative estimate of drug-likeness (QED) is 0.920. The van der Waals surface area contributed by atoms with Crippen LogP contribution in [0.3, 0.4) is 0 Å². The smallest absolute Gasteiger partial charge is 0.307 e. The molecule has 2 rings (SSSR count). The molecule has 0 aliphatic rings. The number of carboxylic acid groups (broad SMARTS) is 1. The summed E-state index contributed by atoms with van der Waals surface area (Å²) in [6, 6.07) is 10.2. The van der Waals surface area contributed by atoms with Crippen molar-refractivity contribution in [3.8, 4) is 11.6 Å². The van der Waals surface area contributed by atoms with Crippen LogP contribution in [0.2, 0.25) is 5.02 Å². The average Bonchev–Trinajstić information content (AvgIpc) is 2.34. The molecule has 0 radical (unpaired) electrons. The molecular weight excluding hydrogens is 254 g/mol. The van der Waals surface area contributed by atoms with Crippen LogP contribution < -0.4 is 4.74 Å². The van der Waals surface area contributed by atoms with E-state index in [1.807, 2.05) is 0 Å². The number of hydrogen-bond acceptors (Lipinski definition) is 3. The van der Waals surface area contributed by atoms with Crippen LogP contribution in [0.25, 0.3) is 0 Å². The number of halogens is 1. The summed E-state index contributed by atoms with van der Waals surface area (Å²) in [5, 5.41) is 9.32. The Kier molecular flexibility index (Phi) is 3.79. The molecule has 0 fully saturated rings. The first-order valence-electron chi connectivity index (χ1n) is 5.24. The fraction of sp³-hybridized carbons (Fsp3) is 0.0769. The van der Waals surface area contributed by atoms with E-state index in [0.29, 0.717) is 22.2 Å². The van der Waals surface area contributed by atoms with Crippen molar-refractivity contribution >= 4 is 17.6 Å². The van der Waals surface area contributed by atoms with E-state index in [0.717, 1.165) is 0 Å². The molecule has 1 aromatic heterocycles. The fourth-order valence-electron chi connectivity index (χ4n) is 1.45. The molecule has 1 heterocycles. The van der Waals surface area contributed by atoms with Gasteiger partial charge >= 0.3 is 5.97 Å². The lowest BCUT2D eigenvalue weighted by atomic mass is 10.1. The lowest BCUT2D eigenvalue weighted by Gasteiger charge is -2.08. The molecule has 5 heteroatoms. The minimum atomic E-state index is -0.907. The molecule has 0 aliphatic heterocycles. The lowest BCUT2D eigenvalue weighted by molar-refractivity contribution is -0.136. The van der Waals surface area contributed by atoms with Crippen LogP contribution >= 0.6 is 11.6 Å². The normalized spacial score (nSPS) is 10.1. The van der Waals surface area contributed by atoms with Crippen molar-refractivity contribution in [2.45, 2.75) is 6.42 Å². The van der Waals surface area contributed by atoms with Gasteiger partial charge in [0.1, 0.15) is 5.75 Å². The highest BCUT2D eigenvalue weighted by molar-refractivity contribution is 6.30. The van der Waals surface area contributed by atoms with Crippen molar-refractivity contribution in [3.05, 3.63) is 53.2 Å². The Morgan fingerprint density at radius 1 is 1.28 bits per heavy atom. The standard InChI is InChI=1S/C13H10ClNO3/c14-10-5-6-12(15-8-10)18-11-4-2-1-3-9(11)7-13(16)17/h1-6,8H,7H2,(H,16,17). The van der Waals surface area contributed by atoms with Crippen molar-refractivity contribution in [1.29, 1.82) is 0 Å². The first-order valence-corrected chi connectivity index (χ1v) is 5.62. The van der Waals surface area contributed by atoms with Gasteiger partial charge in [-0.3, -0.25) is 4.79 Å². The van der Waals surface area contributed by atoms with Gasteiger partial charge in [0.05, 0.1) is 11.4 Å². The number of para-hydroxylation sites is 1. The van der Waals surface area contributed by atoms with Crippen molar-refractivity contribution in [3.63, 3.8) is 0 Å². The second-order valence-electron chi connectivity index (χ2n) is 3.59. The second kappa shape index (κ2) is 5.51. The van der Waals surface area contributed by atoms with E-state index in [9.17, 15) is 4.79 Å². The van der Waals surface area contributed by atoms with Crippen LogP contribution in [0.4, 0.5) is 0 Å². The zero-order chi connectivity index (χ0) is 13.0. The van der Waals surface area contributed by atoms with Gasteiger partial charge in [0, 0.05) is 17.8 Å². The molecule has 0 atom stereocenters. The second-order valence-corrected chi connectivity index (χ2v) is 4.03. The number of aliphatic carboxylic acids is 1. The van der Waals surface area contributed by atoms with Crippen LogP contribution in [-0.2, 0) is 11.2 Å². The van der Waals surface area contributed by atoms with E-state index in [1.54, 1.807) is 36.4 Å². The summed E-state index contributed by atoms with van der Waals surface area (Å²) in [7, 11) is 0. The van der Waals surface area contributed by atoms with E-state index < -0.39 is 5.97 Å². The Bertz CT molecular complexity index is 554. The molecule has 18 heavy (non-hydrogen) atoms. The van der Waals surface area contributed by atoms with Crippen molar-refractivity contribution in [2.24, 2.45) is 0 Å². The highest BCUT2D eigenvalue weighted by Crippen LogP contribution is 2.24. The Labute approximate surface area is 109 Å². The van der Waals surface area contributed by atoms with Gasteiger partial charge in [-0.05, 0) is 12.1 Å². The van der Waals surface area contributed by atoms with E-state index in [-0.39, 0.29) is 6.42 Å². The number of hydrogen-bond donors (Lipinski definition) is 1. The number of pyridine rings is 1. The van der Waals surface area contributed by atoms with E-state index >= 15 is 0 Å². The maximum absolute atomic E-state index is 10.7. The topological polar surface area (TPSA) is 59.4 Å². The third-order valence-electron chi connectivity index (χ3n) is 2.23. The van der Waals surface area contributed by atoms with Crippen LogP contribution in [0.15, 0.2) is 42.6 Å². The van der Waals surface area contributed by atoms with Crippen LogP contribution in [0.1, 0.15) is 5.56 Å². The number of carbonyl (C=O) groups is 1. The maximum Gasteiger partial charge on any atom is 0.307 e. The summed E-state index contributed by atoms with van der Waals surface area (Å²) >= 11 is 5.72. The van der Waals surface area contributed by atoms with E-state index in [2.05, 4.69) is 4.98 Å². The molecule has 0 unspecified atom stereocenters. The lowest BCUT2D eigenvalue weighted by Crippen LogP contribution is -2.02. The average molecular weight is 264 g/mol. The number of nitrogens with zero attached hydrogens (tertiary/aromatic N) is 1.